The van der Waals surface area contributed by atoms with Gasteiger partial charge in [-0.15, -0.1) is 0 Å². The first kappa shape index (κ1) is 23.3. The number of rotatable bonds is 10. The lowest BCUT2D eigenvalue weighted by Crippen LogP contribution is -2.44. The Hall–Kier alpha value is -2.36. The molecule has 1 saturated carbocycles. The monoisotopic (exact) mass is 461 g/mol. The second-order valence-electron chi connectivity index (χ2n) is 7.59. The van der Waals surface area contributed by atoms with E-state index in [0.717, 1.165) is 18.4 Å². The molecule has 31 heavy (non-hydrogen) atoms. The van der Waals surface area contributed by atoms with Crippen LogP contribution >= 0.6 is 11.8 Å². The third-order valence-electron chi connectivity index (χ3n) is 4.86. The number of benzene rings is 2. The molecule has 3 rings (SSSR count). The van der Waals surface area contributed by atoms with Crippen molar-refractivity contribution in [2.45, 2.75) is 43.2 Å². The molecule has 0 radical (unpaired) electrons. The number of hydrogen-bond donors (Lipinski definition) is 3. The van der Waals surface area contributed by atoms with Gasteiger partial charge < -0.3 is 10.6 Å². The van der Waals surface area contributed by atoms with Crippen molar-refractivity contribution >= 4 is 39.3 Å². The van der Waals surface area contributed by atoms with Gasteiger partial charge in [-0.05, 0) is 68.5 Å². The van der Waals surface area contributed by atoms with Gasteiger partial charge in [0.05, 0.1) is 4.90 Å². The van der Waals surface area contributed by atoms with Gasteiger partial charge >= 0.3 is 0 Å². The first-order valence-electron chi connectivity index (χ1n) is 10.1. The molecule has 0 spiro atoms. The van der Waals surface area contributed by atoms with Crippen LogP contribution in [0.3, 0.4) is 0 Å². The summed E-state index contributed by atoms with van der Waals surface area (Å²) in [5, 5.41) is 5.65. The van der Waals surface area contributed by atoms with E-state index in [1.165, 1.54) is 23.9 Å². The summed E-state index contributed by atoms with van der Waals surface area (Å²) >= 11 is 1.53. The van der Waals surface area contributed by atoms with E-state index in [1.807, 2.05) is 13.2 Å². The van der Waals surface area contributed by atoms with Crippen LogP contribution in [0.1, 0.15) is 35.2 Å². The topological polar surface area (TPSA) is 104 Å². The van der Waals surface area contributed by atoms with Crippen molar-refractivity contribution in [1.29, 1.82) is 0 Å². The first-order chi connectivity index (χ1) is 14.8. The second-order valence-corrected chi connectivity index (χ2v) is 10.3. The maximum Gasteiger partial charge on any atom is 0.251 e. The average Bonchev–Trinajstić information content (AvgIpc) is 3.55. The summed E-state index contributed by atoms with van der Waals surface area (Å²) in [6.07, 6.45) is 4.20. The molecule has 1 aliphatic carbocycles. The number of sulfonamides is 1. The highest BCUT2D eigenvalue weighted by molar-refractivity contribution is 7.98. The van der Waals surface area contributed by atoms with Crippen molar-refractivity contribution in [1.82, 2.24) is 10.0 Å². The van der Waals surface area contributed by atoms with E-state index in [1.54, 1.807) is 36.4 Å². The van der Waals surface area contributed by atoms with Crippen molar-refractivity contribution in [2.24, 2.45) is 0 Å². The molecule has 2 aromatic carbocycles. The molecule has 0 heterocycles. The number of thioether (sulfide) groups is 1. The van der Waals surface area contributed by atoms with Gasteiger partial charge in [0.1, 0.15) is 6.04 Å². The zero-order chi connectivity index (χ0) is 22.4. The smallest absolute Gasteiger partial charge is 0.251 e. The van der Waals surface area contributed by atoms with E-state index < -0.39 is 22.0 Å². The maximum absolute atomic E-state index is 12.9. The van der Waals surface area contributed by atoms with Crippen molar-refractivity contribution in [3.8, 4) is 0 Å². The highest BCUT2D eigenvalue weighted by atomic mass is 32.2. The van der Waals surface area contributed by atoms with Gasteiger partial charge in [0.15, 0.2) is 0 Å². The van der Waals surface area contributed by atoms with Crippen LogP contribution in [0.2, 0.25) is 0 Å². The number of aryl methyl sites for hydroxylation is 1. The predicted molar refractivity (Wildman–Crippen MR) is 124 cm³/mol. The van der Waals surface area contributed by atoms with Crippen LogP contribution < -0.4 is 15.4 Å². The molecule has 2 amide bonds. The molecule has 1 unspecified atom stereocenters. The summed E-state index contributed by atoms with van der Waals surface area (Å²) in [4.78, 5) is 25.3. The normalized spacial score (nSPS) is 14.6. The van der Waals surface area contributed by atoms with Gasteiger partial charge in [-0.25, -0.2) is 8.42 Å². The quantitative estimate of drug-likeness (QED) is 0.505. The van der Waals surface area contributed by atoms with Gasteiger partial charge in [-0.2, -0.15) is 16.5 Å². The highest BCUT2D eigenvalue weighted by Crippen LogP contribution is 2.20. The Balaban J connectivity index is 1.72. The van der Waals surface area contributed by atoms with E-state index in [-0.39, 0.29) is 16.8 Å². The van der Waals surface area contributed by atoms with Crippen LogP contribution in [-0.4, -0.2) is 44.3 Å². The summed E-state index contributed by atoms with van der Waals surface area (Å²) in [6, 6.07) is 12.4. The number of hydrogen-bond acceptors (Lipinski definition) is 5. The van der Waals surface area contributed by atoms with Gasteiger partial charge in [0.2, 0.25) is 15.9 Å². The highest BCUT2D eigenvalue weighted by Gasteiger charge is 2.26. The van der Waals surface area contributed by atoms with Crippen LogP contribution in [0, 0.1) is 6.92 Å². The van der Waals surface area contributed by atoms with E-state index >= 15 is 0 Å². The summed E-state index contributed by atoms with van der Waals surface area (Å²) < 4.78 is 28.1. The van der Waals surface area contributed by atoms with Crippen molar-refractivity contribution < 1.29 is 18.0 Å². The average molecular weight is 462 g/mol. The molecular weight excluding hydrogens is 434 g/mol. The SMILES string of the molecule is CSCCC(NS(=O)(=O)c1ccc(C)cc1)C(=O)Nc1cccc(C(=O)NC2CC2)c1. The van der Waals surface area contributed by atoms with Crippen LogP contribution in [-0.2, 0) is 14.8 Å². The Labute approximate surface area is 187 Å². The molecule has 0 bridgehead atoms. The number of carbonyl (C=O) groups is 2. The molecule has 1 aliphatic rings. The lowest BCUT2D eigenvalue weighted by atomic mass is 10.1. The van der Waals surface area contributed by atoms with Gasteiger partial charge in [0, 0.05) is 17.3 Å². The zero-order valence-electron chi connectivity index (χ0n) is 17.6. The van der Waals surface area contributed by atoms with Crippen molar-refractivity contribution in [3.05, 3.63) is 59.7 Å². The molecule has 0 aliphatic heterocycles. The summed E-state index contributed by atoms with van der Waals surface area (Å²) in [6.45, 7) is 1.87. The minimum absolute atomic E-state index is 0.110. The summed E-state index contributed by atoms with van der Waals surface area (Å²) in [5.41, 5.74) is 1.84. The molecule has 166 valence electrons. The Morgan fingerprint density at radius 3 is 2.48 bits per heavy atom. The van der Waals surface area contributed by atoms with Gasteiger partial charge in [-0.1, -0.05) is 23.8 Å². The van der Waals surface area contributed by atoms with Crippen LogP contribution in [0.15, 0.2) is 53.4 Å². The molecule has 3 N–H and O–H groups in total. The molecule has 9 heteroatoms. The summed E-state index contributed by atoms with van der Waals surface area (Å²) in [5.74, 6) is -0.0414. The fourth-order valence-corrected chi connectivity index (χ4v) is 4.62. The molecule has 1 atom stereocenters. The minimum Gasteiger partial charge on any atom is -0.349 e. The Bertz CT molecular complexity index is 1030. The van der Waals surface area contributed by atoms with E-state index in [0.29, 0.717) is 23.4 Å². The van der Waals surface area contributed by atoms with Crippen LogP contribution in [0.5, 0.6) is 0 Å². The minimum atomic E-state index is -3.86. The molecule has 0 aromatic heterocycles. The number of anilines is 1. The van der Waals surface area contributed by atoms with E-state index in [9.17, 15) is 18.0 Å². The predicted octanol–water partition coefficient (Wildman–Crippen LogP) is 2.93. The Kier molecular flexibility index (Phi) is 7.74. The Morgan fingerprint density at radius 2 is 1.84 bits per heavy atom. The molecule has 1 fully saturated rings. The molecule has 0 saturated heterocycles. The largest absolute Gasteiger partial charge is 0.349 e. The number of carbonyl (C=O) groups excluding carboxylic acids is 2. The van der Waals surface area contributed by atoms with Crippen molar-refractivity contribution in [3.63, 3.8) is 0 Å². The molecule has 7 nitrogen and oxygen atoms in total. The third-order valence-corrected chi connectivity index (χ3v) is 6.99. The number of amides is 2. The Morgan fingerprint density at radius 1 is 1.13 bits per heavy atom. The standard InChI is InChI=1S/C22H27N3O4S2/c1-15-6-10-19(11-7-15)31(28,29)25-20(12-13-30-2)22(27)24-18-5-3-4-16(14-18)21(26)23-17-8-9-17/h3-7,10-11,14,17,20,25H,8-9,12-13H2,1-2H3,(H,23,26)(H,24,27). The lowest BCUT2D eigenvalue weighted by molar-refractivity contribution is -0.117. The fraction of sp³-hybridized carbons (Fsp3) is 0.364. The summed E-state index contributed by atoms with van der Waals surface area (Å²) in [7, 11) is -3.86. The van der Waals surface area contributed by atoms with Crippen LogP contribution in [0.25, 0.3) is 0 Å². The zero-order valence-corrected chi connectivity index (χ0v) is 19.2. The fourth-order valence-electron chi connectivity index (χ4n) is 2.92. The van der Waals surface area contributed by atoms with Gasteiger partial charge in [-0.3, -0.25) is 9.59 Å². The number of nitrogens with one attached hydrogen (secondary N) is 3. The lowest BCUT2D eigenvalue weighted by Gasteiger charge is -2.18. The molecular formula is C22H27N3O4S2. The third kappa shape index (κ3) is 6.81. The molecule has 2 aromatic rings. The van der Waals surface area contributed by atoms with E-state index in [2.05, 4.69) is 15.4 Å². The second kappa shape index (κ2) is 10.3. The van der Waals surface area contributed by atoms with Gasteiger partial charge in [0.25, 0.3) is 5.91 Å². The van der Waals surface area contributed by atoms with Crippen molar-refractivity contribution in [2.75, 3.05) is 17.3 Å². The van der Waals surface area contributed by atoms with E-state index in [4.69, 9.17) is 0 Å². The maximum atomic E-state index is 12.9. The van der Waals surface area contributed by atoms with Crippen LogP contribution in [0.4, 0.5) is 5.69 Å². The first-order valence-corrected chi connectivity index (χ1v) is 13.0.